The van der Waals surface area contributed by atoms with E-state index in [1.54, 1.807) is 6.92 Å². The lowest BCUT2D eigenvalue weighted by atomic mass is 9.94. The van der Waals surface area contributed by atoms with Gasteiger partial charge in [0.15, 0.2) is 34.5 Å². The van der Waals surface area contributed by atoms with Crippen LogP contribution in [-0.4, -0.2) is 36.4 Å². The van der Waals surface area contributed by atoms with E-state index < -0.39 is 40.3 Å². The van der Waals surface area contributed by atoms with Gasteiger partial charge in [-0.1, -0.05) is 13.3 Å². The number of hydrogen-bond acceptors (Lipinski definition) is 7. The van der Waals surface area contributed by atoms with Crippen LogP contribution < -0.4 is 0 Å². The number of carbonyl (C=O) groups excluding carboxylic acids is 1. The fourth-order valence-corrected chi connectivity index (χ4v) is 2.28. The summed E-state index contributed by atoms with van der Waals surface area (Å²) >= 11 is 0. The van der Waals surface area contributed by atoms with Crippen LogP contribution in [0.5, 0.6) is 34.5 Å². The maximum Gasteiger partial charge on any atom is 0.200 e. The Morgan fingerprint density at radius 2 is 1.35 bits per heavy atom. The molecule has 0 saturated heterocycles. The third-order valence-electron chi connectivity index (χ3n) is 3.44. The molecule has 0 unspecified atom stereocenters. The van der Waals surface area contributed by atoms with Crippen molar-refractivity contribution in [2.45, 2.75) is 19.8 Å². The van der Waals surface area contributed by atoms with Gasteiger partial charge in [-0.15, -0.1) is 0 Å². The Balaban J connectivity index is 2.64. The van der Waals surface area contributed by atoms with Gasteiger partial charge in [0, 0.05) is 16.7 Å². The Hall–Kier alpha value is -3.09. The quantitative estimate of drug-likeness (QED) is 0.374. The predicted molar refractivity (Wildman–Crippen MR) is 80.3 cm³/mol. The molecule has 0 aliphatic rings. The minimum atomic E-state index is -0.758. The van der Waals surface area contributed by atoms with Crippen molar-refractivity contribution in [1.82, 2.24) is 0 Å². The number of hydrogen-bond donors (Lipinski definition) is 6. The van der Waals surface area contributed by atoms with Gasteiger partial charge in [-0.05, 0) is 24.6 Å². The zero-order valence-corrected chi connectivity index (χ0v) is 12.2. The number of carbonyl (C=O) groups is 1. The summed E-state index contributed by atoms with van der Waals surface area (Å²) in [5.41, 5.74) is -0.0939. The maximum absolute atomic E-state index is 12.6. The van der Waals surface area contributed by atoms with Crippen molar-refractivity contribution in [2.75, 3.05) is 0 Å². The Kier molecular flexibility index (Phi) is 4.22. The molecule has 0 aromatic heterocycles. The van der Waals surface area contributed by atoms with E-state index in [9.17, 15) is 35.4 Å². The van der Waals surface area contributed by atoms with Gasteiger partial charge >= 0.3 is 0 Å². The minimum absolute atomic E-state index is 0.0795. The third-order valence-corrected chi connectivity index (χ3v) is 3.44. The van der Waals surface area contributed by atoms with Gasteiger partial charge in [-0.3, -0.25) is 4.79 Å². The van der Waals surface area contributed by atoms with Crippen LogP contribution in [0.25, 0.3) is 0 Å². The van der Waals surface area contributed by atoms with Crippen molar-refractivity contribution in [1.29, 1.82) is 0 Å². The van der Waals surface area contributed by atoms with Crippen LogP contribution in [0.1, 0.15) is 34.8 Å². The first-order valence-electron chi connectivity index (χ1n) is 6.84. The molecule has 23 heavy (non-hydrogen) atoms. The van der Waals surface area contributed by atoms with Crippen LogP contribution in [0.15, 0.2) is 18.2 Å². The summed E-state index contributed by atoms with van der Waals surface area (Å²) in [6, 6.07) is 2.91. The summed E-state index contributed by atoms with van der Waals surface area (Å²) in [4.78, 5) is 12.6. The van der Waals surface area contributed by atoms with Gasteiger partial charge < -0.3 is 30.6 Å². The van der Waals surface area contributed by atoms with Crippen LogP contribution in [0.2, 0.25) is 0 Å². The molecule has 122 valence electrons. The number of ketones is 1. The number of aromatic hydroxyl groups is 6. The zero-order chi connectivity index (χ0) is 17.3. The molecule has 7 nitrogen and oxygen atoms in total. The second-order valence-electron chi connectivity index (χ2n) is 5.06. The van der Waals surface area contributed by atoms with E-state index in [0.29, 0.717) is 6.42 Å². The summed E-state index contributed by atoms with van der Waals surface area (Å²) < 4.78 is 0. The molecule has 0 aliphatic heterocycles. The predicted octanol–water partition coefficient (Wildman–Crippen LogP) is 2.10. The number of benzene rings is 2. The highest BCUT2D eigenvalue weighted by molar-refractivity contribution is 6.11. The van der Waals surface area contributed by atoms with Crippen molar-refractivity contribution < 1.29 is 35.4 Å². The average molecular weight is 320 g/mol. The van der Waals surface area contributed by atoms with Crippen molar-refractivity contribution in [3.63, 3.8) is 0 Å². The Bertz CT molecular complexity index is 757. The Morgan fingerprint density at radius 1 is 0.826 bits per heavy atom. The van der Waals surface area contributed by atoms with E-state index >= 15 is 0 Å². The van der Waals surface area contributed by atoms with E-state index in [1.165, 1.54) is 0 Å². The van der Waals surface area contributed by atoms with Gasteiger partial charge in [0.1, 0.15) is 0 Å². The smallest absolute Gasteiger partial charge is 0.200 e. The average Bonchev–Trinajstić information content (AvgIpc) is 2.51. The van der Waals surface area contributed by atoms with Crippen molar-refractivity contribution >= 4 is 5.78 Å². The van der Waals surface area contributed by atoms with Gasteiger partial charge in [0.05, 0.1) is 0 Å². The second-order valence-corrected chi connectivity index (χ2v) is 5.06. The Labute approximate surface area is 131 Å². The maximum atomic E-state index is 12.6. The molecule has 2 aromatic carbocycles. The van der Waals surface area contributed by atoms with Crippen molar-refractivity contribution in [2.24, 2.45) is 0 Å². The first kappa shape index (κ1) is 16.3. The molecule has 0 amide bonds. The fraction of sp³-hybridized carbons (Fsp3) is 0.188. The van der Waals surface area contributed by atoms with Crippen LogP contribution >= 0.6 is 0 Å². The van der Waals surface area contributed by atoms with Crippen molar-refractivity contribution in [3.05, 3.63) is 34.9 Å². The standard InChI is InChI=1S/C16H16O7/c1-2-3-8-9(6-12(19)16(23)14(8)21)13(20)7-4-10(17)15(22)11(18)5-7/h4-6,17-19,21-23H,2-3H2,1H3. The first-order valence-corrected chi connectivity index (χ1v) is 6.84. The molecule has 0 heterocycles. The van der Waals surface area contributed by atoms with E-state index in [2.05, 4.69) is 0 Å². The topological polar surface area (TPSA) is 138 Å². The molecule has 0 bridgehead atoms. The SMILES string of the molecule is CCCc1c(C(=O)c2cc(O)c(O)c(O)c2)cc(O)c(O)c1O. The second kappa shape index (κ2) is 5.96. The molecule has 6 N–H and O–H groups in total. The molecule has 0 spiro atoms. The summed E-state index contributed by atoms with van der Waals surface area (Å²) in [5.74, 6) is -4.81. The summed E-state index contributed by atoms with van der Waals surface area (Å²) in [5, 5.41) is 57.5. The molecule has 2 aromatic rings. The molecular formula is C16H16O7. The zero-order valence-electron chi connectivity index (χ0n) is 12.2. The van der Waals surface area contributed by atoms with Gasteiger partial charge in [0.25, 0.3) is 0 Å². The van der Waals surface area contributed by atoms with Gasteiger partial charge in [0.2, 0.25) is 5.75 Å². The van der Waals surface area contributed by atoms with Crippen LogP contribution in [0.4, 0.5) is 0 Å². The fourth-order valence-electron chi connectivity index (χ4n) is 2.28. The molecule has 0 aliphatic carbocycles. The molecular weight excluding hydrogens is 304 g/mol. The minimum Gasteiger partial charge on any atom is -0.504 e. The summed E-state index contributed by atoms with van der Waals surface area (Å²) in [6.45, 7) is 1.80. The number of phenolic OH excluding ortho intramolecular Hbond substituents is 6. The molecule has 0 fully saturated rings. The van der Waals surface area contributed by atoms with Gasteiger partial charge in [-0.2, -0.15) is 0 Å². The van der Waals surface area contributed by atoms with Crippen LogP contribution in [-0.2, 0) is 6.42 Å². The largest absolute Gasteiger partial charge is 0.504 e. The Morgan fingerprint density at radius 3 is 1.87 bits per heavy atom. The highest BCUT2D eigenvalue weighted by atomic mass is 16.3. The molecule has 2 rings (SSSR count). The van der Waals surface area contributed by atoms with E-state index in [0.717, 1.165) is 18.2 Å². The molecule has 0 radical (unpaired) electrons. The highest BCUT2D eigenvalue weighted by Crippen LogP contribution is 2.42. The van der Waals surface area contributed by atoms with E-state index in [4.69, 9.17) is 0 Å². The summed E-state index contributed by atoms with van der Waals surface area (Å²) in [7, 11) is 0. The normalized spacial score (nSPS) is 10.7. The molecule has 7 heteroatoms. The number of rotatable bonds is 4. The molecule has 0 saturated carbocycles. The van der Waals surface area contributed by atoms with Gasteiger partial charge in [-0.25, -0.2) is 0 Å². The lowest BCUT2D eigenvalue weighted by Gasteiger charge is -2.13. The van der Waals surface area contributed by atoms with E-state index in [1.807, 2.05) is 0 Å². The van der Waals surface area contributed by atoms with E-state index in [-0.39, 0.29) is 23.1 Å². The molecule has 0 atom stereocenters. The summed E-state index contributed by atoms with van der Waals surface area (Å²) in [6.07, 6.45) is 0.820. The van der Waals surface area contributed by atoms with Crippen LogP contribution in [0, 0.1) is 0 Å². The monoisotopic (exact) mass is 320 g/mol. The first-order chi connectivity index (χ1) is 10.8. The third kappa shape index (κ3) is 2.80. The van der Waals surface area contributed by atoms with Crippen LogP contribution in [0.3, 0.4) is 0 Å². The highest BCUT2D eigenvalue weighted by Gasteiger charge is 2.23. The lowest BCUT2D eigenvalue weighted by molar-refractivity contribution is 0.103. The number of phenols is 6. The van der Waals surface area contributed by atoms with Crippen molar-refractivity contribution in [3.8, 4) is 34.5 Å². The lowest BCUT2D eigenvalue weighted by Crippen LogP contribution is -2.06.